The van der Waals surface area contributed by atoms with Crippen molar-refractivity contribution in [3.63, 3.8) is 0 Å². The third-order valence-corrected chi connectivity index (χ3v) is 3.73. The monoisotopic (exact) mass is 253 g/mol. The third-order valence-electron chi connectivity index (χ3n) is 3.32. The van der Waals surface area contributed by atoms with Crippen LogP contribution in [0.15, 0.2) is 18.2 Å². The first-order chi connectivity index (χ1) is 8.08. The number of aryl methyl sites for hydroxylation is 1. The highest BCUT2D eigenvalue weighted by atomic mass is 35.5. The van der Waals surface area contributed by atoms with Gasteiger partial charge in [0.1, 0.15) is 0 Å². The quantitative estimate of drug-likeness (QED) is 0.780. The van der Waals surface area contributed by atoms with Crippen molar-refractivity contribution >= 4 is 17.5 Å². The lowest BCUT2D eigenvalue weighted by molar-refractivity contribution is -0.883. The first-order valence-electron chi connectivity index (χ1n) is 5.94. The number of hydrogen-bond acceptors (Lipinski definition) is 1. The summed E-state index contributed by atoms with van der Waals surface area (Å²) in [5.74, 6) is 0.0967. The Morgan fingerprint density at radius 2 is 2.00 bits per heavy atom. The standard InChI is InChI=1S/C13H17ClN2O/c1-10-3-4-11(9-12(10)14)13(17)16-7-5-15(2)6-8-16/h3-4,9H,5-8H2,1-2H3/p+1. The number of carbonyl (C=O) groups is 1. The number of piperazine rings is 1. The molecule has 17 heavy (non-hydrogen) atoms. The fourth-order valence-electron chi connectivity index (χ4n) is 2.00. The third kappa shape index (κ3) is 2.79. The fourth-order valence-corrected chi connectivity index (χ4v) is 2.18. The minimum Gasteiger partial charge on any atom is -0.334 e. The van der Waals surface area contributed by atoms with Gasteiger partial charge in [0.25, 0.3) is 5.91 Å². The average Bonchev–Trinajstić information content (AvgIpc) is 2.33. The molecule has 92 valence electrons. The summed E-state index contributed by atoms with van der Waals surface area (Å²) < 4.78 is 0. The van der Waals surface area contributed by atoms with Gasteiger partial charge in [-0.1, -0.05) is 17.7 Å². The minimum absolute atomic E-state index is 0.0967. The highest BCUT2D eigenvalue weighted by Gasteiger charge is 2.22. The molecule has 0 radical (unpaired) electrons. The Morgan fingerprint density at radius 3 is 2.59 bits per heavy atom. The van der Waals surface area contributed by atoms with E-state index >= 15 is 0 Å². The predicted octanol–water partition coefficient (Wildman–Crippen LogP) is 0.619. The van der Waals surface area contributed by atoms with Crippen LogP contribution >= 0.6 is 11.6 Å². The van der Waals surface area contributed by atoms with Crippen LogP contribution in [-0.4, -0.2) is 44.0 Å². The Hall–Kier alpha value is -1.06. The van der Waals surface area contributed by atoms with Crippen LogP contribution in [0.3, 0.4) is 0 Å². The molecule has 0 spiro atoms. The SMILES string of the molecule is Cc1ccc(C(=O)N2CC[NH+](C)CC2)cc1Cl. The van der Waals surface area contributed by atoms with Crippen LogP contribution in [0, 0.1) is 6.92 Å². The number of hydrogen-bond donors (Lipinski definition) is 1. The Labute approximate surface area is 107 Å². The number of nitrogens with zero attached hydrogens (tertiary/aromatic N) is 1. The molecule has 1 aliphatic heterocycles. The van der Waals surface area contributed by atoms with Gasteiger partial charge in [-0.25, -0.2) is 0 Å². The first kappa shape index (κ1) is 12.4. The Bertz CT molecular complexity index is 425. The number of nitrogens with one attached hydrogen (secondary N) is 1. The van der Waals surface area contributed by atoms with Crippen molar-refractivity contribution in [3.8, 4) is 0 Å². The maximum atomic E-state index is 12.2. The Kier molecular flexibility index (Phi) is 3.69. The molecule has 2 rings (SSSR count). The average molecular weight is 254 g/mol. The molecule has 1 amide bonds. The molecule has 1 N–H and O–H groups in total. The molecule has 1 aliphatic rings. The predicted molar refractivity (Wildman–Crippen MR) is 68.7 cm³/mol. The van der Waals surface area contributed by atoms with Crippen LogP contribution < -0.4 is 4.90 Å². The molecule has 0 bridgehead atoms. The van der Waals surface area contributed by atoms with Gasteiger partial charge in [-0.2, -0.15) is 0 Å². The summed E-state index contributed by atoms with van der Waals surface area (Å²) in [6.45, 7) is 5.64. The lowest BCUT2D eigenvalue weighted by Crippen LogP contribution is -3.12. The summed E-state index contributed by atoms with van der Waals surface area (Å²) in [4.78, 5) is 15.6. The van der Waals surface area contributed by atoms with E-state index in [9.17, 15) is 4.79 Å². The molecule has 1 fully saturated rings. The van der Waals surface area contributed by atoms with Gasteiger partial charge in [0.15, 0.2) is 0 Å². The number of amides is 1. The molecule has 0 unspecified atom stereocenters. The molecule has 1 heterocycles. The van der Waals surface area contributed by atoms with Crippen molar-refractivity contribution in [2.75, 3.05) is 33.2 Å². The van der Waals surface area contributed by atoms with Gasteiger partial charge in [0.05, 0.1) is 33.2 Å². The molecule has 1 saturated heterocycles. The lowest BCUT2D eigenvalue weighted by atomic mass is 10.1. The summed E-state index contributed by atoms with van der Waals surface area (Å²) in [7, 11) is 2.16. The zero-order chi connectivity index (χ0) is 12.4. The lowest BCUT2D eigenvalue weighted by Gasteiger charge is -2.30. The maximum Gasteiger partial charge on any atom is 0.254 e. The Balaban J connectivity index is 2.11. The molecular formula is C13H18ClN2O+. The van der Waals surface area contributed by atoms with Crippen molar-refractivity contribution in [1.29, 1.82) is 0 Å². The fraction of sp³-hybridized carbons (Fsp3) is 0.462. The van der Waals surface area contributed by atoms with Crippen molar-refractivity contribution in [2.24, 2.45) is 0 Å². The van der Waals surface area contributed by atoms with Gasteiger partial charge >= 0.3 is 0 Å². The molecule has 4 heteroatoms. The molecule has 0 aliphatic carbocycles. The van der Waals surface area contributed by atoms with Gasteiger partial charge in [0, 0.05) is 10.6 Å². The van der Waals surface area contributed by atoms with Crippen molar-refractivity contribution < 1.29 is 9.69 Å². The normalized spacial score (nSPS) is 17.2. The highest BCUT2D eigenvalue weighted by Crippen LogP contribution is 2.17. The molecule has 0 aromatic heterocycles. The van der Waals surface area contributed by atoms with Crippen molar-refractivity contribution in [2.45, 2.75) is 6.92 Å². The number of likely N-dealkylation sites (N-methyl/N-ethyl adjacent to an activating group) is 1. The van der Waals surface area contributed by atoms with Crippen LogP contribution in [0.5, 0.6) is 0 Å². The molecule has 1 aromatic rings. The van der Waals surface area contributed by atoms with E-state index in [0.29, 0.717) is 10.6 Å². The molecule has 3 nitrogen and oxygen atoms in total. The van der Waals surface area contributed by atoms with Gasteiger partial charge in [-0.3, -0.25) is 4.79 Å². The Morgan fingerprint density at radius 1 is 1.35 bits per heavy atom. The second kappa shape index (κ2) is 5.07. The minimum atomic E-state index is 0.0967. The number of rotatable bonds is 1. The van der Waals surface area contributed by atoms with Gasteiger partial charge in [0.2, 0.25) is 0 Å². The van der Waals surface area contributed by atoms with E-state index in [-0.39, 0.29) is 5.91 Å². The summed E-state index contributed by atoms with van der Waals surface area (Å²) in [5, 5.41) is 0.663. The number of quaternary nitrogens is 1. The summed E-state index contributed by atoms with van der Waals surface area (Å²) >= 11 is 6.05. The van der Waals surface area contributed by atoms with E-state index in [2.05, 4.69) is 7.05 Å². The summed E-state index contributed by atoms with van der Waals surface area (Å²) in [5.41, 5.74) is 1.70. The van der Waals surface area contributed by atoms with Crippen molar-refractivity contribution in [3.05, 3.63) is 34.3 Å². The van der Waals surface area contributed by atoms with Crippen LogP contribution in [-0.2, 0) is 0 Å². The number of carbonyl (C=O) groups excluding carboxylic acids is 1. The van der Waals surface area contributed by atoms with E-state index in [0.717, 1.165) is 31.7 Å². The van der Waals surface area contributed by atoms with Crippen molar-refractivity contribution in [1.82, 2.24) is 4.90 Å². The number of benzene rings is 1. The first-order valence-corrected chi connectivity index (χ1v) is 6.32. The molecule has 0 atom stereocenters. The van der Waals surface area contributed by atoms with Crippen LogP contribution in [0.1, 0.15) is 15.9 Å². The van der Waals surface area contributed by atoms with Gasteiger partial charge in [-0.05, 0) is 24.6 Å². The van der Waals surface area contributed by atoms with E-state index in [1.165, 1.54) is 4.90 Å². The topological polar surface area (TPSA) is 24.8 Å². The van der Waals surface area contributed by atoms with Gasteiger partial charge < -0.3 is 9.80 Å². The second-order valence-electron chi connectivity index (χ2n) is 4.71. The van der Waals surface area contributed by atoms with Gasteiger partial charge in [-0.15, -0.1) is 0 Å². The van der Waals surface area contributed by atoms with E-state index in [1.807, 2.05) is 24.0 Å². The van der Waals surface area contributed by atoms with E-state index < -0.39 is 0 Å². The van der Waals surface area contributed by atoms with Crippen LogP contribution in [0.4, 0.5) is 0 Å². The van der Waals surface area contributed by atoms with Crippen LogP contribution in [0.25, 0.3) is 0 Å². The van der Waals surface area contributed by atoms with E-state index in [1.54, 1.807) is 6.07 Å². The second-order valence-corrected chi connectivity index (χ2v) is 5.12. The molecule has 1 aromatic carbocycles. The highest BCUT2D eigenvalue weighted by molar-refractivity contribution is 6.31. The summed E-state index contributed by atoms with van der Waals surface area (Å²) in [6.07, 6.45) is 0. The largest absolute Gasteiger partial charge is 0.334 e. The zero-order valence-corrected chi connectivity index (χ0v) is 11.0. The van der Waals surface area contributed by atoms with Crippen LogP contribution in [0.2, 0.25) is 5.02 Å². The summed E-state index contributed by atoms with van der Waals surface area (Å²) in [6, 6.07) is 5.52. The molecule has 0 saturated carbocycles. The zero-order valence-electron chi connectivity index (χ0n) is 10.3. The smallest absolute Gasteiger partial charge is 0.254 e. The number of halogens is 1. The molecular weight excluding hydrogens is 236 g/mol. The maximum absolute atomic E-state index is 12.2. The van der Waals surface area contributed by atoms with E-state index in [4.69, 9.17) is 11.6 Å².